The van der Waals surface area contributed by atoms with Crippen molar-refractivity contribution >= 4 is 17.6 Å². The first kappa shape index (κ1) is 18.5. The Kier molecular flexibility index (Phi) is 6.17. The van der Waals surface area contributed by atoms with Gasteiger partial charge in [0.05, 0.1) is 12.2 Å². The second-order valence-corrected chi connectivity index (χ2v) is 5.76. The Bertz CT molecular complexity index is 770. The molecule has 0 aliphatic heterocycles. The lowest BCUT2D eigenvalue weighted by Crippen LogP contribution is -2.30. The minimum absolute atomic E-state index is 0.286. The Morgan fingerprint density at radius 1 is 1.12 bits per heavy atom. The van der Waals surface area contributed by atoms with E-state index in [9.17, 15) is 9.59 Å². The van der Waals surface area contributed by atoms with Gasteiger partial charge in [-0.1, -0.05) is 18.2 Å². The van der Waals surface area contributed by atoms with Crippen LogP contribution in [0.1, 0.15) is 35.3 Å². The molecule has 132 valence electrons. The zero-order valence-corrected chi connectivity index (χ0v) is 15.0. The third-order valence-corrected chi connectivity index (χ3v) is 3.76. The Balaban J connectivity index is 2.09. The molecular weight excluding hydrogens is 318 g/mol. The van der Waals surface area contributed by atoms with Gasteiger partial charge in [-0.3, -0.25) is 4.79 Å². The molecule has 1 atom stereocenters. The van der Waals surface area contributed by atoms with Crippen molar-refractivity contribution in [2.75, 3.05) is 11.9 Å². The maximum absolute atomic E-state index is 12.4. The summed E-state index contributed by atoms with van der Waals surface area (Å²) < 4.78 is 10.7. The molecule has 2 aromatic rings. The fraction of sp³-hybridized carbons (Fsp3) is 0.300. The van der Waals surface area contributed by atoms with Gasteiger partial charge in [-0.2, -0.15) is 0 Å². The van der Waals surface area contributed by atoms with E-state index in [1.165, 1.54) is 0 Å². The summed E-state index contributed by atoms with van der Waals surface area (Å²) in [5, 5.41) is 2.81. The average molecular weight is 341 g/mol. The van der Waals surface area contributed by atoms with Crippen LogP contribution in [0.2, 0.25) is 0 Å². The quantitative estimate of drug-likeness (QED) is 0.810. The van der Waals surface area contributed by atoms with Crippen molar-refractivity contribution in [1.29, 1.82) is 0 Å². The number of rotatable bonds is 6. The van der Waals surface area contributed by atoms with Gasteiger partial charge in [-0.05, 0) is 63.1 Å². The molecule has 2 rings (SSSR count). The van der Waals surface area contributed by atoms with Gasteiger partial charge in [-0.25, -0.2) is 4.79 Å². The van der Waals surface area contributed by atoms with Crippen LogP contribution in [0.3, 0.4) is 0 Å². The Morgan fingerprint density at radius 3 is 2.52 bits per heavy atom. The second-order valence-electron chi connectivity index (χ2n) is 5.76. The van der Waals surface area contributed by atoms with Crippen LogP contribution in [0, 0.1) is 13.8 Å². The highest BCUT2D eigenvalue weighted by atomic mass is 16.5. The molecule has 0 aliphatic carbocycles. The molecule has 1 N–H and O–H groups in total. The van der Waals surface area contributed by atoms with Crippen molar-refractivity contribution in [2.45, 2.75) is 33.8 Å². The second kappa shape index (κ2) is 8.33. The van der Waals surface area contributed by atoms with E-state index in [2.05, 4.69) is 5.32 Å². The monoisotopic (exact) mass is 341 g/mol. The third-order valence-electron chi connectivity index (χ3n) is 3.76. The van der Waals surface area contributed by atoms with Gasteiger partial charge in [0.15, 0.2) is 6.10 Å². The summed E-state index contributed by atoms with van der Waals surface area (Å²) in [6, 6.07) is 12.6. The van der Waals surface area contributed by atoms with Crippen LogP contribution >= 0.6 is 0 Å². The molecule has 0 saturated heterocycles. The highest BCUT2D eigenvalue weighted by Gasteiger charge is 2.18. The van der Waals surface area contributed by atoms with E-state index in [1.807, 2.05) is 31.2 Å². The zero-order chi connectivity index (χ0) is 18.4. The fourth-order valence-electron chi connectivity index (χ4n) is 2.38. The molecule has 0 spiro atoms. The molecule has 1 amide bonds. The molecule has 0 radical (unpaired) electrons. The molecule has 0 aromatic heterocycles. The molecule has 25 heavy (non-hydrogen) atoms. The van der Waals surface area contributed by atoms with E-state index < -0.39 is 12.1 Å². The van der Waals surface area contributed by atoms with Crippen molar-refractivity contribution in [2.24, 2.45) is 0 Å². The zero-order valence-electron chi connectivity index (χ0n) is 15.0. The van der Waals surface area contributed by atoms with Crippen LogP contribution < -0.4 is 10.1 Å². The fourth-order valence-corrected chi connectivity index (χ4v) is 2.38. The van der Waals surface area contributed by atoms with Gasteiger partial charge in [0.1, 0.15) is 5.75 Å². The summed E-state index contributed by atoms with van der Waals surface area (Å²) in [6.45, 7) is 7.47. The summed E-state index contributed by atoms with van der Waals surface area (Å²) in [5.41, 5.74) is 2.72. The summed E-state index contributed by atoms with van der Waals surface area (Å²) >= 11 is 0. The number of hydrogen-bond acceptors (Lipinski definition) is 4. The number of amides is 1. The first-order chi connectivity index (χ1) is 11.9. The maximum atomic E-state index is 12.4. The van der Waals surface area contributed by atoms with E-state index >= 15 is 0 Å². The smallest absolute Gasteiger partial charge is 0.338 e. The number of carbonyl (C=O) groups excluding carboxylic acids is 2. The minimum Gasteiger partial charge on any atom is -0.481 e. The molecule has 2 aromatic carbocycles. The van der Waals surface area contributed by atoms with Crippen LogP contribution in [-0.4, -0.2) is 24.6 Å². The van der Waals surface area contributed by atoms with Crippen LogP contribution in [0.4, 0.5) is 5.69 Å². The van der Waals surface area contributed by atoms with Gasteiger partial charge in [-0.15, -0.1) is 0 Å². The van der Waals surface area contributed by atoms with Crippen molar-refractivity contribution in [3.63, 3.8) is 0 Å². The average Bonchev–Trinajstić information content (AvgIpc) is 2.56. The molecule has 5 heteroatoms. The Hall–Kier alpha value is -2.82. The largest absolute Gasteiger partial charge is 0.481 e. The lowest BCUT2D eigenvalue weighted by molar-refractivity contribution is -0.122. The Labute approximate surface area is 148 Å². The van der Waals surface area contributed by atoms with E-state index in [1.54, 1.807) is 39.0 Å². The number of hydrogen-bond donors (Lipinski definition) is 1. The van der Waals surface area contributed by atoms with Crippen LogP contribution in [-0.2, 0) is 9.53 Å². The normalized spacial score (nSPS) is 11.5. The highest BCUT2D eigenvalue weighted by molar-refractivity contribution is 5.98. The predicted molar refractivity (Wildman–Crippen MR) is 97.0 cm³/mol. The summed E-state index contributed by atoms with van der Waals surface area (Å²) in [5.74, 6) is -0.0505. The Morgan fingerprint density at radius 2 is 1.84 bits per heavy atom. The topological polar surface area (TPSA) is 64.6 Å². The standard InChI is InChI=1S/C20H23NO4/c1-5-24-20(23)17-10-7-11-18(14(17)3)21-19(22)15(4)25-16-9-6-8-13(2)12-16/h6-12,15H,5H2,1-4H3,(H,21,22). The predicted octanol–water partition coefficient (Wildman–Crippen LogP) is 3.89. The van der Waals surface area contributed by atoms with Gasteiger partial charge in [0, 0.05) is 5.69 Å². The number of aryl methyl sites for hydroxylation is 1. The molecule has 0 bridgehead atoms. The van der Waals surface area contributed by atoms with Crippen molar-refractivity contribution in [1.82, 2.24) is 0 Å². The molecular formula is C20H23NO4. The molecule has 0 fully saturated rings. The van der Waals surface area contributed by atoms with Gasteiger partial charge in [0.25, 0.3) is 5.91 Å². The van der Waals surface area contributed by atoms with Gasteiger partial charge < -0.3 is 14.8 Å². The minimum atomic E-state index is -0.674. The SMILES string of the molecule is CCOC(=O)c1cccc(NC(=O)C(C)Oc2cccc(C)c2)c1C. The number of benzene rings is 2. The molecule has 5 nitrogen and oxygen atoms in total. The van der Waals surface area contributed by atoms with Crippen molar-refractivity contribution in [3.05, 3.63) is 59.2 Å². The van der Waals surface area contributed by atoms with Crippen LogP contribution in [0.25, 0.3) is 0 Å². The lowest BCUT2D eigenvalue weighted by Gasteiger charge is -2.17. The van der Waals surface area contributed by atoms with Gasteiger partial charge >= 0.3 is 5.97 Å². The van der Waals surface area contributed by atoms with Crippen LogP contribution in [0.15, 0.2) is 42.5 Å². The molecule has 1 unspecified atom stereocenters. The van der Waals surface area contributed by atoms with Gasteiger partial charge in [0.2, 0.25) is 0 Å². The number of anilines is 1. The molecule has 0 aliphatic rings. The lowest BCUT2D eigenvalue weighted by atomic mass is 10.1. The molecule has 0 heterocycles. The van der Waals surface area contributed by atoms with E-state index in [4.69, 9.17) is 9.47 Å². The first-order valence-corrected chi connectivity index (χ1v) is 8.23. The summed E-state index contributed by atoms with van der Waals surface area (Å²) in [4.78, 5) is 24.4. The highest BCUT2D eigenvalue weighted by Crippen LogP contribution is 2.21. The van der Waals surface area contributed by atoms with E-state index in [-0.39, 0.29) is 5.91 Å². The van der Waals surface area contributed by atoms with Crippen molar-refractivity contribution in [3.8, 4) is 5.75 Å². The third kappa shape index (κ3) is 4.83. The van der Waals surface area contributed by atoms with Crippen LogP contribution in [0.5, 0.6) is 5.75 Å². The molecule has 0 saturated carbocycles. The number of esters is 1. The summed E-state index contributed by atoms with van der Waals surface area (Å²) in [6.07, 6.45) is -0.674. The number of ether oxygens (including phenoxy) is 2. The number of carbonyl (C=O) groups is 2. The maximum Gasteiger partial charge on any atom is 0.338 e. The van der Waals surface area contributed by atoms with E-state index in [0.29, 0.717) is 29.2 Å². The first-order valence-electron chi connectivity index (χ1n) is 8.23. The van der Waals surface area contributed by atoms with E-state index in [0.717, 1.165) is 5.56 Å². The van der Waals surface area contributed by atoms with Crippen molar-refractivity contribution < 1.29 is 19.1 Å². The number of nitrogens with one attached hydrogen (secondary N) is 1. The summed E-state index contributed by atoms with van der Waals surface area (Å²) in [7, 11) is 0.